The molecule has 0 spiro atoms. The van der Waals surface area contributed by atoms with Crippen LogP contribution >= 0.6 is 46.4 Å². The normalized spacial score (nSPS) is 16.5. The maximum absolute atomic E-state index is 13.2. The lowest BCUT2D eigenvalue weighted by Crippen LogP contribution is -2.42. The summed E-state index contributed by atoms with van der Waals surface area (Å²) < 4.78 is 27.2. The molecule has 0 saturated heterocycles. The fourth-order valence-corrected chi connectivity index (χ4v) is 4.31. The second kappa shape index (κ2) is 12.0. The molecule has 37 heavy (non-hydrogen) atoms. The first kappa shape index (κ1) is 29.2. The molecule has 11 heteroatoms. The van der Waals surface area contributed by atoms with E-state index in [9.17, 15) is 9.59 Å². The summed E-state index contributed by atoms with van der Waals surface area (Å²) in [5.74, 6) is -3.91. The summed E-state index contributed by atoms with van der Waals surface area (Å²) in [4.78, 5) is 26.1. The van der Waals surface area contributed by atoms with Gasteiger partial charge in [0.15, 0.2) is 0 Å². The molecule has 0 saturated carbocycles. The van der Waals surface area contributed by atoms with Crippen molar-refractivity contribution < 1.29 is 33.3 Å². The predicted octanol–water partition coefficient (Wildman–Crippen LogP) is 6.39. The minimum Gasteiger partial charge on any atom is -0.466 e. The fraction of sp³-hybridized carbons (Fsp3) is 0.231. The van der Waals surface area contributed by atoms with Crippen molar-refractivity contribution in [2.24, 2.45) is 0 Å². The summed E-state index contributed by atoms with van der Waals surface area (Å²) in [5.41, 5.74) is -1.06. The lowest BCUT2D eigenvalue weighted by molar-refractivity contribution is -0.341. The van der Waals surface area contributed by atoms with Crippen molar-refractivity contribution in [3.8, 4) is 0 Å². The van der Waals surface area contributed by atoms with Crippen molar-refractivity contribution in [1.82, 2.24) is 0 Å². The van der Waals surface area contributed by atoms with Gasteiger partial charge in [-0.2, -0.15) is 0 Å². The smallest absolute Gasteiger partial charge is 0.342 e. The Bertz CT molecular complexity index is 1230. The van der Waals surface area contributed by atoms with Gasteiger partial charge < -0.3 is 23.7 Å². The average molecular weight is 588 g/mol. The second-order valence-corrected chi connectivity index (χ2v) is 9.24. The summed E-state index contributed by atoms with van der Waals surface area (Å²) in [6.07, 6.45) is 6.30. The first-order valence-corrected chi connectivity index (χ1v) is 12.1. The molecule has 196 valence electrons. The molecule has 7 nitrogen and oxygen atoms in total. The first-order valence-electron chi connectivity index (χ1n) is 10.6. The highest BCUT2D eigenvalue weighted by Crippen LogP contribution is 2.47. The van der Waals surface area contributed by atoms with Crippen LogP contribution in [0, 0.1) is 0 Å². The number of benzene rings is 2. The van der Waals surface area contributed by atoms with Crippen molar-refractivity contribution in [3.05, 3.63) is 90.9 Å². The highest BCUT2D eigenvalue weighted by molar-refractivity contribution is 6.42. The number of halogens is 4. The quantitative estimate of drug-likeness (QED) is 0.262. The molecule has 1 aliphatic heterocycles. The largest absolute Gasteiger partial charge is 0.466 e. The molecule has 2 aromatic carbocycles. The van der Waals surface area contributed by atoms with Gasteiger partial charge in [0.25, 0.3) is 0 Å². The van der Waals surface area contributed by atoms with E-state index in [1.165, 1.54) is 33.5 Å². The second-order valence-electron chi connectivity index (χ2n) is 7.61. The zero-order valence-corrected chi connectivity index (χ0v) is 23.2. The molecule has 0 N–H and O–H groups in total. The van der Waals surface area contributed by atoms with Gasteiger partial charge in [-0.1, -0.05) is 70.7 Å². The Labute approximate surface area is 234 Å². The van der Waals surface area contributed by atoms with Gasteiger partial charge in [-0.3, -0.25) is 0 Å². The zero-order valence-electron chi connectivity index (χ0n) is 20.1. The van der Waals surface area contributed by atoms with Crippen LogP contribution in [0.4, 0.5) is 0 Å². The molecule has 2 aromatic rings. The Hall–Kier alpha value is -2.36. The van der Waals surface area contributed by atoms with Gasteiger partial charge in [0, 0.05) is 14.2 Å². The molecule has 0 radical (unpaired) electrons. The molecular formula is C26H22Cl4O7. The summed E-state index contributed by atoms with van der Waals surface area (Å²) >= 11 is 24.4. The van der Waals surface area contributed by atoms with Crippen LogP contribution in [0.5, 0.6) is 0 Å². The van der Waals surface area contributed by atoms with E-state index in [2.05, 4.69) is 0 Å². The summed E-state index contributed by atoms with van der Waals surface area (Å²) in [6.45, 7) is 0. The van der Waals surface area contributed by atoms with Crippen LogP contribution in [0.1, 0.15) is 11.1 Å². The van der Waals surface area contributed by atoms with Crippen LogP contribution in [0.2, 0.25) is 20.1 Å². The van der Waals surface area contributed by atoms with Crippen LogP contribution in [0.15, 0.2) is 59.7 Å². The topological polar surface area (TPSA) is 80.3 Å². The molecule has 3 rings (SSSR count). The number of methoxy groups -OCH3 is 4. The van der Waals surface area contributed by atoms with Gasteiger partial charge in [0.2, 0.25) is 0 Å². The van der Waals surface area contributed by atoms with Crippen molar-refractivity contribution in [2.45, 2.75) is 11.6 Å². The molecule has 0 fully saturated rings. The van der Waals surface area contributed by atoms with Crippen molar-refractivity contribution in [1.29, 1.82) is 0 Å². The molecular weight excluding hydrogens is 566 g/mol. The van der Waals surface area contributed by atoms with Gasteiger partial charge in [0.05, 0.1) is 39.9 Å². The summed E-state index contributed by atoms with van der Waals surface area (Å²) in [6, 6.07) is 9.88. The van der Waals surface area contributed by atoms with Crippen LogP contribution in [-0.4, -0.2) is 52.0 Å². The third-order valence-corrected chi connectivity index (χ3v) is 6.98. The predicted molar refractivity (Wildman–Crippen MR) is 143 cm³/mol. The monoisotopic (exact) mass is 586 g/mol. The Morgan fingerprint density at radius 2 is 1.14 bits per heavy atom. The number of carbonyl (C=O) groups excluding carboxylic acids is 2. The molecule has 0 aliphatic carbocycles. The minimum atomic E-state index is -2.11. The van der Waals surface area contributed by atoms with Crippen molar-refractivity contribution in [3.63, 3.8) is 0 Å². The SMILES string of the molecule is COC(=O)C1=C(C(=O)OC)C(OC)(OC)OC1(/C=C/c1ccc(Cl)c(Cl)c1)/C=C/c1ccc(Cl)c(Cl)c1. The molecule has 0 unspecified atom stereocenters. The molecule has 0 aromatic heterocycles. The van der Waals surface area contributed by atoms with E-state index in [4.69, 9.17) is 70.1 Å². The molecule has 0 atom stereocenters. The third kappa shape index (κ3) is 5.89. The maximum Gasteiger partial charge on any atom is 0.342 e. The standard InChI is InChI=1S/C26H22Cl4O7/c1-33-23(31)21-22(24(32)34-2)26(35-3,36-4)37-25(21,11-9-15-5-7-17(27)19(29)13-15)12-10-16-6-8-18(28)20(30)14-16/h5-14H,1-4H3/b11-9+,12-10+. The minimum absolute atomic E-state index is 0.224. The van der Waals surface area contributed by atoms with Gasteiger partial charge >= 0.3 is 17.9 Å². The number of hydrogen-bond acceptors (Lipinski definition) is 7. The number of esters is 2. The summed E-state index contributed by atoms with van der Waals surface area (Å²) in [7, 11) is 4.82. The Morgan fingerprint density at radius 3 is 1.51 bits per heavy atom. The molecule has 1 heterocycles. The Morgan fingerprint density at radius 1 is 0.703 bits per heavy atom. The van der Waals surface area contributed by atoms with E-state index in [0.29, 0.717) is 31.2 Å². The third-order valence-electron chi connectivity index (χ3n) is 5.50. The van der Waals surface area contributed by atoms with Crippen LogP contribution in [-0.2, 0) is 33.3 Å². The zero-order chi connectivity index (χ0) is 27.4. The lowest BCUT2D eigenvalue weighted by Gasteiger charge is -2.31. The fourth-order valence-electron chi connectivity index (χ4n) is 3.70. The number of hydrogen-bond donors (Lipinski definition) is 0. The summed E-state index contributed by atoms with van der Waals surface area (Å²) in [5, 5.41) is 1.37. The van der Waals surface area contributed by atoms with E-state index in [1.54, 1.807) is 48.6 Å². The lowest BCUT2D eigenvalue weighted by atomic mass is 9.89. The molecule has 0 bridgehead atoms. The first-order chi connectivity index (χ1) is 17.6. The number of carbonyl (C=O) groups is 2. The van der Waals surface area contributed by atoms with E-state index in [0.717, 1.165) is 7.11 Å². The van der Waals surface area contributed by atoms with Crippen LogP contribution in [0.3, 0.4) is 0 Å². The molecule has 1 aliphatic rings. The highest BCUT2D eigenvalue weighted by Gasteiger charge is 2.60. The van der Waals surface area contributed by atoms with E-state index in [1.807, 2.05) is 0 Å². The Kier molecular flexibility index (Phi) is 9.47. The van der Waals surface area contributed by atoms with Crippen LogP contribution < -0.4 is 0 Å². The Balaban J connectivity index is 2.32. The van der Waals surface area contributed by atoms with E-state index >= 15 is 0 Å². The van der Waals surface area contributed by atoms with Gasteiger partial charge in [-0.05, 0) is 47.5 Å². The van der Waals surface area contributed by atoms with Gasteiger partial charge in [-0.15, -0.1) is 0 Å². The molecule has 0 amide bonds. The van der Waals surface area contributed by atoms with Gasteiger partial charge in [-0.25, -0.2) is 9.59 Å². The van der Waals surface area contributed by atoms with E-state index in [-0.39, 0.29) is 11.1 Å². The highest BCUT2D eigenvalue weighted by atomic mass is 35.5. The number of rotatable bonds is 8. The van der Waals surface area contributed by atoms with Crippen LogP contribution in [0.25, 0.3) is 12.2 Å². The number of ether oxygens (including phenoxy) is 5. The van der Waals surface area contributed by atoms with Gasteiger partial charge in [0.1, 0.15) is 11.2 Å². The van der Waals surface area contributed by atoms with Crippen molar-refractivity contribution >= 4 is 70.5 Å². The van der Waals surface area contributed by atoms with Crippen molar-refractivity contribution in [2.75, 3.05) is 28.4 Å². The average Bonchev–Trinajstić information content (AvgIpc) is 3.20. The van der Waals surface area contributed by atoms with E-state index < -0.39 is 23.5 Å². The maximum atomic E-state index is 13.2.